The van der Waals surface area contributed by atoms with E-state index in [1.54, 1.807) is 7.05 Å². The minimum atomic E-state index is -2.87. The van der Waals surface area contributed by atoms with Crippen molar-refractivity contribution in [3.63, 3.8) is 0 Å². The summed E-state index contributed by atoms with van der Waals surface area (Å²) in [5.41, 5.74) is 1.42. The number of anilines is 1. The van der Waals surface area contributed by atoms with Crippen molar-refractivity contribution in [3.05, 3.63) is 23.0 Å². The lowest BCUT2D eigenvalue weighted by molar-refractivity contribution is -0.181. The average Bonchev–Trinajstić information content (AvgIpc) is 3.44. The van der Waals surface area contributed by atoms with Crippen LogP contribution in [0.5, 0.6) is 5.75 Å². The first kappa shape index (κ1) is 29.9. The summed E-state index contributed by atoms with van der Waals surface area (Å²) >= 11 is 0. The molecule has 0 radical (unpaired) electrons. The number of ketones is 4. The Morgan fingerprint density at radius 2 is 1.76 bits per heavy atom. The normalized spacial score (nSPS) is 31.3. The van der Waals surface area contributed by atoms with E-state index in [9.17, 15) is 39.0 Å². The fourth-order valence-electron chi connectivity index (χ4n) is 7.61. The van der Waals surface area contributed by atoms with Gasteiger partial charge in [0.2, 0.25) is 11.8 Å². The highest BCUT2D eigenvalue weighted by atomic mass is 19.1. The molecule has 1 aromatic carbocycles. The van der Waals surface area contributed by atoms with E-state index in [2.05, 4.69) is 5.32 Å². The van der Waals surface area contributed by atoms with Crippen LogP contribution in [0, 0.1) is 29.5 Å². The Morgan fingerprint density at radius 1 is 1.12 bits per heavy atom. The minimum absolute atomic E-state index is 0.0245. The van der Waals surface area contributed by atoms with Crippen LogP contribution in [0.15, 0.2) is 6.07 Å². The van der Waals surface area contributed by atoms with Crippen molar-refractivity contribution in [2.45, 2.75) is 56.2 Å². The lowest BCUT2D eigenvalue weighted by atomic mass is 9.52. The Balaban J connectivity index is 1.49. The molecule has 42 heavy (non-hydrogen) atoms. The van der Waals surface area contributed by atoms with Crippen LogP contribution in [0.25, 0.3) is 0 Å². The number of hydrogen-bond acceptors (Lipinski definition) is 10. The average molecular weight is 587 g/mol. The second-order valence-corrected chi connectivity index (χ2v) is 12.3. The van der Waals surface area contributed by atoms with Crippen LogP contribution in [0.4, 0.5) is 10.1 Å². The highest BCUT2D eigenvalue weighted by Gasteiger charge is 2.69. The number of amides is 2. The summed E-state index contributed by atoms with van der Waals surface area (Å²) in [6, 6.07) is -0.0943. The zero-order valence-corrected chi connectivity index (χ0v) is 23.7. The van der Waals surface area contributed by atoms with Crippen LogP contribution in [0.2, 0.25) is 0 Å². The second kappa shape index (κ2) is 10.6. The lowest BCUT2D eigenvalue weighted by Gasteiger charge is -2.52. The van der Waals surface area contributed by atoms with E-state index in [-0.39, 0.29) is 36.7 Å². The standard InChI is InChI=1S/C29H35FN4O8/c1-33(2)22-15-9-12-8-14-16(30)10-17(32-18(35)11-34(3)13-6-4-5-7-13)23(36)20(14)24(37)19(12)26(39)29(15,42)27(40)21(25(22)38)28(31)41/h10,12-13,15,19,21-22,36,42H,4-9,11H2,1-3H3,(H2,31,41)(H,32,35)/t12-,15-,19?,21?,22-,29-/m0/s1. The molecular formula is C29H35FN4O8. The molecule has 3 saturated carbocycles. The summed E-state index contributed by atoms with van der Waals surface area (Å²) in [6.07, 6.45) is 3.64. The van der Waals surface area contributed by atoms with E-state index in [1.165, 1.54) is 19.0 Å². The van der Waals surface area contributed by atoms with Gasteiger partial charge in [-0.2, -0.15) is 0 Å². The molecule has 5 N–H and O–H groups in total. The summed E-state index contributed by atoms with van der Waals surface area (Å²) in [7, 11) is 4.75. The maximum atomic E-state index is 15.5. The van der Waals surface area contributed by atoms with Gasteiger partial charge in [0.1, 0.15) is 11.6 Å². The number of halogens is 1. The van der Waals surface area contributed by atoms with Crippen LogP contribution >= 0.6 is 0 Å². The number of nitrogens with one attached hydrogen (secondary N) is 1. The van der Waals surface area contributed by atoms with Gasteiger partial charge in [0.25, 0.3) is 0 Å². The van der Waals surface area contributed by atoms with Gasteiger partial charge in [0, 0.05) is 23.6 Å². The number of nitrogens with zero attached hydrogens (tertiary/aromatic N) is 2. The molecule has 0 aliphatic heterocycles. The SMILES string of the molecule is CN(CC(=O)Nc1cc(F)c2c(c1O)C(=O)C1C(=O)[C@]3(O)C(=O)C(C(N)=O)C(=O)[C@@H](N(C)C)[C@@H]3C[C@@H]1C2)C1CCCC1. The molecule has 226 valence electrons. The first-order chi connectivity index (χ1) is 19.7. The fraction of sp³-hybridized carbons (Fsp3) is 0.586. The number of phenols is 1. The molecule has 1 aromatic rings. The van der Waals surface area contributed by atoms with E-state index in [0.717, 1.165) is 31.7 Å². The quantitative estimate of drug-likeness (QED) is 0.257. The van der Waals surface area contributed by atoms with Crippen LogP contribution in [-0.4, -0.2) is 100 Å². The van der Waals surface area contributed by atoms with Crippen LogP contribution < -0.4 is 11.1 Å². The number of aromatic hydroxyl groups is 1. The largest absolute Gasteiger partial charge is 0.505 e. The minimum Gasteiger partial charge on any atom is -0.505 e. The first-order valence-corrected chi connectivity index (χ1v) is 14.1. The third kappa shape index (κ3) is 4.45. The fourth-order valence-corrected chi connectivity index (χ4v) is 7.61. The predicted molar refractivity (Wildman–Crippen MR) is 145 cm³/mol. The number of aliphatic hydroxyl groups is 1. The summed E-state index contributed by atoms with van der Waals surface area (Å²) in [5, 5.41) is 25.1. The topological polar surface area (TPSA) is 187 Å². The molecule has 0 bridgehead atoms. The number of primary amides is 1. The number of Topliss-reactive ketones (excluding diaryl/α,β-unsaturated/α-hetero) is 4. The highest BCUT2D eigenvalue weighted by Crippen LogP contribution is 2.51. The van der Waals surface area contributed by atoms with E-state index >= 15 is 4.39 Å². The molecule has 5 rings (SSSR count). The Morgan fingerprint density at radius 3 is 2.36 bits per heavy atom. The zero-order valence-electron chi connectivity index (χ0n) is 23.7. The van der Waals surface area contributed by atoms with Crippen molar-refractivity contribution in [1.29, 1.82) is 0 Å². The van der Waals surface area contributed by atoms with Crippen molar-refractivity contribution in [2.75, 3.05) is 33.0 Å². The van der Waals surface area contributed by atoms with Crippen LogP contribution in [0.3, 0.4) is 0 Å². The maximum Gasteiger partial charge on any atom is 0.238 e. The number of benzene rings is 1. The van der Waals surface area contributed by atoms with Crippen molar-refractivity contribution in [1.82, 2.24) is 9.80 Å². The molecule has 0 saturated heterocycles. The molecule has 3 fully saturated rings. The van der Waals surface area contributed by atoms with Crippen molar-refractivity contribution < 1.29 is 43.4 Å². The molecule has 13 heteroatoms. The lowest BCUT2D eigenvalue weighted by Crippen LogP contribution is -2.74. The van der Waals surface area contributed by atoms with Gasteiger partial charge in [-0.15, -0.1) is 0 Å². The summed E-state index contributed by atoms with van der Waals surface area (Å²) in [5.74, 6) is -13.9. The highest BCUT2D eigenvalue weighted by molar-refractivity contribution is 6.32. The molecule has 0 heterocycles. The number of phenolic OH excluding ortho intramolecular Hbond substituents is 1. The molecule has 4 aliphatic rings. The van der Waals surface area contributed by atoms with E-state index in [1.807, 2.05) is 4.90 Å². The van der Waals surface area contributed by atoms with Crippen molar-refractivity contribution in [2.24, 2.45) is 29.4 Å². The van der Waals surface area contributed by atoms with Gasteiger partial charge in [0.05, 0.1) is 29.8 Å². The third-order valence-corrected chi connectivity index (χ3v) is 9.62. The number of likely N-dealkylation sites (N-methyl/N-ethyl adjacent to an activating group) is 2. The van der Waals surface area contributed by atoms with Crippen LogP contribution in [-0.2, 0) is 30.4 Å². The third-order valence-electron chi connectivity index (χ3n) is 9.62. The Kier molecular flexibility index (Phi) is 7.57. The summed E-state index contributed by atoms with van der Waals surface area (Å²) < 4.78 is 15.5. The zero-order chi connectivity index (χ0) is 30.8. The van der Waals surface area contributed by atoms with Gasteiger partial charge < -0.3 is 21.3 Å². The monoisotopic (exact) mass is 586 g/mol. The number of rotatable bonds is 6. The predicted octanol–water partition coefficient (Wildman–Crippen LogP) is -0.181. The molecule has 2 unspecified atom stereocenters. The summed E-state index contributed by atoms with van der Waals surface area (Å²) in [6.45, 7) is -0.0245. The molecule has 0 aromatic heterocycles. The van der Waals surface area contributed by atoms with E-state index < -0.39 is 87.4 Å². The van der Waals surface area contributed by atoms with Crippen LogP contribution in [0.1, 0.15) is 48.0 Å². The summed E-state index contributed by atoms with van der Waals surface area (Å²) in [4.78, 5) is 82.2. The molecule has 12 nitrogen and oxygen atoms in total. The van der Waals surface area contributed by atoms with Crippen molar-refractivity contribution >= 4 is 40.6 Å². The molecule has 6 atom stereocenters. The molecule has 0 spiro atoms. The van der Waals surface area contributed by atoms with Gasteiger partial charge in [-0.25, -0.2) is 4.39 Å². The molecule has 4 aliphatic carbocycles. The number of nitrogens with two attached hydrogens (primary N) is 1. The Bertz CT molecular complexity index is 1410. The van der Waals surface area contributed by atoms with E-state index in [0.29, 0.717) is 0 Å². The Hall–Kier alpha value is -3.55. The number of hydrogen-bond donors (Lipinski definition) is 4. The van der Waals surface area contributed by atoms with Crippen molar-refractivity contribution in [3.8, 4) is 5.75 Å². The van der Waals surface area contributed by atoms with Gasteiger partial charge in [0.15, 0.2) is 34.7 Å². The number of carbonyl (C=O) groups excluding carboxylic acids is 6. The van der Waals surface area contributed by atoms with Gasteiger partial charge in [-0.05, 0) is 52.7 Å². The molecular weight excluding hydrogens is 551 g/mol. The number of carbonyl (C=O) groups is 6. The first-order valence-electron chi connectivity index (χ1n) is 14.1. The van der Waals surface area contributed by atoms with Gasteiger partial charge in [-0.3, -0.25) is 38.6 Å². The number of fused-ring (bicyclic) bond motifs is 3. The van der Waals surface area contributed by atoms with Gasteiger partial charge >= 0.3 is 0 Å². The molecule has 2 amide bonds. The van der Waals surface area contributed by atoms with Gasteiger partial charge in [-0.1, -0.05) is 12.8 Å². The second-order valence-electron chi connectivity index (χ2n) is 12.3. The van der Waals surface area contributed by atoms with E-state index in [4.69, 9.17) is 5.73 Å². The maximum absolute atomic E-state index is 15.5. The Labute approximate surface area is 241 Å². The smallest absolute Gasteiger partial charge is 0.238 e.